The van der Waals surface area contributed by atoms with E-state index in [2.05, 4.69) is 32.9 Å². The molecule has 1 aliphatic rings. The van der Waals surface area contributed by atoms with Crippen LogP contribution in [0, 0.1) is 6.92 Å². The van der Waals surface area contributed by atoms with E-state index in [-0.39, 0.29) is 0 Å². The van der Waals surface area contributed by atoms with E-state index >= 15 is 0 Å². The summed E-state index contributed by atoms with van der Waals surface area (Å²) in [5.41, 5.74) is 3.51. The standard InChI is InChI=1S/C15H16N4S/c1-10-9-13-15(16-6-7-19(13)18-10)17-12-3-2-4-14-11(12)5-8-20-14/h5-9,12H,2-4H2,1H3,(H,16,17). The lowest BCUT2D eigenvalue weighted by molar-refractivity contribution is 0.607. The second-order valence-corrected chi connectivity index (χ2v) is 6.28. The van der Waals surface area contributed by atoms with Gasteiger partial charge in [0.25, 0.3) is 0 Å². The molecule has 4 rings (SSSR count). The van der Waals surface area contributed by atoms with Crippen LogP contribution in [0.15, 0.2) is 29.9 Å². The summed E-state index contributed by atoms with van der Waals surface area (Å²) in [5.74, 6) is 0.928. The van der Waals surface area contributed by atoms with Crippen molar-refractivity contribution in [3.63, 3.8) is 0 Å². The highest BCUT2D eigenvalue weighted by atomic mass is 32.1. The van der Waals surface area contributed by atoms with Crippen molar-refractivity contribution in [2.75, 3.05) is 5.32 Å². The summed E-state index contributed by atoms with van der Waals surface area (Å²) in [4.78, 5) is 6.02. The third-order valence-corrected chi connectivity index (χ3v) is 4.87. The molecule has 0 fully saturated rings. The van der Waals surface area contributed by atoms with Crippen molar-refractivity contribution in [1.82, 2.24) is 14.6 Å². The van der Waals surface area contributed by atoms with Crippen LogP contribution in [0.25, 0.3) is 5.52 Å². The van der Waals surface area contributed by atoms with E-state index in [4.69, 9.17) is 0 Å². The molecule has 0 radical (unpaired) electrons. The first-order valence-corrected chi connectivity index (χ1v) is 7.83. The molecule has 1 atom stereocenters. The van der Waals surface area contributed by atoms with Gasteiger partial charge in [0.15, 0.2) is 5.82 Å². The van der Waals surface area contributed by atoms with Gasteiger partial charge in [-0.1, -0.05) is 0 Å². The Kier molecular flexibility index (Phi) is 2.73. The number of nitrogens with zero attached hydrogens (tertiary/aromatic N) is 3. The van der Waals surface area contributed by atoms with E-state index < -0.39 is 0 Å². The third kappa shape index (κ3) is 1.89. The highest BCUT2D eigenvalue weighted by Gasteiger charge is 2.22. The smallest absolute Gasteiger partial charge is 0.152 e. The second-order valence-electron chi connectivity index (χ2n) is 5.28. The molecular weight excluding hydrogens is 268 g/mol. The zero-order chi connectivity index (χ0) is 13.5. The largest absolute Gasteiger partial charge is 0.361 e. The third-order valence-electron chi connectivity index (χ3n) is 3.87. The number of rotatable bonds is 2. The molecule has 0 saturated carbocycles. The number of anilines is 1. The molecule has 102 valence electrons. The number of hydrogen-bond donors (Lipinski definition) is 1. The number of fused-ring (bicyclic) bond motifs is 2. The Morgan fingerprint density at radius 3 is 3.35 bits per heavy atom. The minimum atomic E-state index is 0.374. The van der Waals surface area contributed by atoms with E-state index in [9.17, 15) is 0 Å². The first-order valence-electron chi connectivity index (χ1n) is 6.95. The van der Waals surface area contributed by atoms with Crippen LogP contribution in [0.5, 0.6) is 0 Å². The van der Waals surface area contributed by atoms with Crippen molar-refractivity contribution in [3.8, 4) is 0 Å². The van der Waals surface area contributed by atoms with Crippen LogP contribution < -0.4 is 5.32 Å². The van der Waals surface area contributed by atoms with Gasteiger partial charge < -0.3 is 5.32 Å². The average Bonchev–Trinajstić information content (AvgIpc) is 3.05. The Bertz CT molecular complexity index is 758. The number of aryl methyl sites for hydroxylation is 2. The van der Waals surface area contributed by atoms with Crippen LogP contribution in [-0.4, -0.2) is 14.6 Å². The fourth-order valence-electron chi connectivity index (χ4n) is 2.96. The van der Waals surface area contributed by atoms with Gasteiger partial charge in [0.2, 0.25) is 0 Å². The van der Waals surface area contributed by atoms with Crippen LogP contribution in [0.2, 0.25) is 0 Å². The summed E-state index contributed by atoms with van der Waals surface area (Å²) in [7, 11) is 0. The molecule has 0 spiro atoms. The van der Waals surface area contributed by atoms with E-state index in [1.54, 1.807) is 6.20 Å². The number of hydrogen-bond acceptors (Lipinski definition) is 4. The monoisotopic (exact) mass is 284 g/mol. The lowest BCUT2D eigenvalue weighted by Gasteiger charge is -2.24. The minimum absolute atomic E-state index is 0.374. The van der Waals surface area contributed by atoms with Gasteiger partial charge in [-0.3, -0.25) is 0 Å². The van der Waals surface area contributed by atoms with Crippen molar-refractivity contribution in [2.45, 2.75) is 32.2 Å². The van der Waals surface area contributed by atoms with Crippen LogP contribution in [0.4, 0.5) is 5.82 Å². The van der Waals surface area contributed by atoms with Gasteiger partial charge in [0.05, 0.1) is 11.7 Å². The Morgan fingerprint density at radius 1 is 1.45 bits per heavy atom. The van der Waals surface area contributed by atoms with E-state index in [1.807, 2.05) is 29.0 Å². The molecule has 3 aromatic heterocycles. The van der Waals surface area contributed by atoms with Crippen molar-refractivity contribution >= 4 is 22.7 Å². The topological polar surface area (TPSA) is 42.2 Å². The van der Waals surface area contributed by atoms with Crippen molar-refractivity contribution < 1.29 is 0 Å². The van der Waals surface area contributed by atoms with Crippen LogP contribution in [0.1, 0.15) is 35.0 Å². The van der Waals surface area contributed by atoms with Gasteiger partial charge in [-0.25, -0.2) is 9.50 Å². The second kappa shape index (κ2) is 4.59. The highest BCUT2D eigenvalue weighted by molar-refractivity contribution is 7.10. The molecule has 0 aromatic carbocycles. The predicted octanol–water partition coefficient (Wildman–Crippen LogP) is 3.59. The van der Waals surface area contributed by atoms with Crippen LogP contribution in [-0.2, 0) is 6.42 Å². The normalized spacial score (nSPS) is 18.1. The molecule has 1 N–H and O–H groups in total. The Balaban J connectivity index is 1.72. The van der Waals surface area contributed by atoms with Gasteiger partial charge >= 0.3 is 0 Å². The van der Waals surface area contributed by atoms with Gasteiger partial charge in [-0.15, -0.1) is 11.3 Å². The summed E-state index contributed by atoms with van der Waals surface area (Å²) >= 11 is 1.87. The Morgan fingerprint density at radius 2 is 2.40 bits per heavy atom. The molecule has 3 heterocycles. The number of aromatic nitrogens is 3. The Labute approximate surface area is 121 Å². The molecule has 0 saturated heterocycles. The van der Waals surface area contributed by atoms with Gasteiger partial charge in [-0.2, -0.15) is 5.10 Å². The first-order chi connectivity index (χ1) is 9.81. The quantitative estimate of drug-likeness (QED) is 0.782. The maximum absolute atomic E-state index is 4.50. The average molecular weight is 284 g/mol. The molecule has 3 aromatic rings. The maximum atomic E-state index is 4.50. The van der Waals surface area contributed by atoms with Crippen molar-refractivity contribution in [2.24, 2.45) is 0 Å². The fourth-order valence-corrected chi connectivity index (χ4v) is 3.94. The summed E-state index contributed by atoms with van der Waals surface area (Å²) in [5, 5.41) is 10.3. The number of nitrogens with one attached hydrogen (secondary N) is 1. The lowest BCUT2D eigenvalue weighted by atomic mass is 9.94. The predicted molar refractivity (Wildman–Crippen MR) is 81.3 cm³/mol. The minimum Gasteiger partial charge on any atom is -0.361 e. The molecule has 4 nitrogen and oxygen atoms in total. The van der Waals surface area contributed by atoms with E-state index in [1.165, 1.54) is 29.7 Å². The van der Waals surface area contributed by atoms with Gasteiger partial charge in [0.1, 0.15) is 5.52 Å². The molecule has 1 unspecified atom stereocenters. The molecule has 1 aliphatic carbocycles. The molecular formula is C15H16N4S. The number of thiophene rings is 1. The summed E-state index contributed by atoms with van der Waals surface area (Å²) in [6.07, 6.45) is 7.32. The first kappa shape index (κ1) is 11.9. The zero-order valence-corrected chi connectivity index (χ0v) is 12.2. The van der Waals surface area contributed by atoms with Crippen molar-refractivity contribution in [3.05, 3.63) is 46.0 Å². The molecule has 0 amide bonds. The molecule has 0 aliphatic heterocycles. The SMILES string of the molecule is Cc1cc2c(NC3CCCc4sccc43)nccn2n1. The van der Waals surface area contributed by atoms with Gasteiger partial charge in [-0.05, 0) is 49.3 Å². The zero-order valence-electron chi connectivity index (χ0n) is 11.3. The summed E-state index contributed by atoms with van der Waals surface area (Å²) < 4.78 is 1.89. The molecule has 5 heteroatoms. The highest BCUT2D eigenvalue weighted by Crippen LogP contribution is 2.35. The molecule has 0 bridgehead atoms. The maximum Gasteiger partial charge on any atom is 0.152 e. The Hall–Kier alpha value is -1.88. The van der Waals surface area contributed by atoms with Crippen molar-refractivity contribution in [1.29, 1.82) is 0 Å². The molecule has 20 heavy (non-hydrogen) atoms. The van der Waals surface area contributed by atoms with Crippen LogP contribution >= 0.6 is 11.3 Å². The van der Waals surface area contributed by atoms with E-state index in [0.29, 0.717) is 6.04 Å². The fraction of sp³-hybridized carbons (Fsp3) is 0.333. The van der Waals surface area contributed by atoms with Gasteiger partial charge in [0, 0.05) is 17.3 Å². The summed E-state index contributed by atoms with van der Waals surface area (Å²) in [6, 6.07) is 4.70. The summed E-state index contributed by atoms with van der Waals surface area (Å²) in [6.45, 7) is 2.01. The van der Waals surface area contributed by atoms with Crippen LogP contribution in [0.3, 0.4) is 0 Å². The van der Waals surface area contributed by atoms with E-state index in [0.717, 1.165) is 17.0 Å². The lowest BCUT2D eigenvalue weighted by Crippen LogP contribution is -2.16.